The number of hydrogen-bond acceptors (Lipinski definition) is 6. The van der Waals surface area contributed by atoms with Gasteiger partial charge in [0, 0.05) is 38.1 Å². The van der Waals surface area contributed by atoms with E-state index in [1.54, 1.807) is 11.3 Å². The highest BCUT2D eigenvalue weighted by molar-refractivity contribution is 7.88. The normalized spacial score (nSPS) is 22.1. The highest BCUT2D eigenvalue weighted by Gasteiger charge is 2.30. The van der Waals surface area contributed by atoms with Crippen LogP contribution in [0.1, 0.15) is 10.7 Å². The van der Waals surface area contributed by atoms with E-state index in [0.717, 1.165) is 17.0 Å². The van der Waals surface area contributed by atoms with Crippen molar-refractivity contribution < 1.29 is 13.2 Å². The van der Waals surface area contributed by atoms with Crippen LogP contribution in [0.15, 0.2) is 5.38 Å². The van der Waals surface area contributed by atoms with Crippen LogP contribution in [0, 0.1) is 12.8 Å². The fourth-order valence-corrected chi connectivity index (χ4v) is 3.85. The molecule has 0 aliphatic carbocycles. The third-order valence-corrected chi connectivity index (χ3v) is 5.58. The number of carbonyl (C=O) groups is 1. The molecule has 0 radical (unpaired) electrons. The number of carbonyl (C=O) groups excluding carboxylic acids is 1. The molecule has 9 heteroatoms. The highest BCUT2D eigenvalue weighted by Crippen LogP contribution is 2.16. The average molecular weight is 332 g/mol. The molecule has 0 saturated carbocycles. The van der Waals surface area contributed by atoms with Gasteiger partial charge in [-0.2, -0.15) is 0 Å². The molecule has 0 aromatic carbocycles. The van der Waals surface area contributed by atoms with Gasteiger partial charge in [0.2, 0.25) is 15.9 Å². The predicted octanol–water partition coefficient (Wildman–Crippen LogP) is -0.370. The number of sulfonamides is 1. The predicted molar refractivity (Wildman–Crippen MR) is 81.2 cm³/mol. The van der Waals surface area contributed by atoms with E-state index in [1.807, 2.05) is 17.2 Å². The third-order valence-electron chi connectivity index (χ3n) is 3.49. The summed E-state index contributed by atoms with van der Waals surface area (Å²) in [5, 5.41) is 2.97. The molecule has 1 saturated heterocycles. The smallest absolute Gasteiger partial charge is 0.223 e. The van der Waals surface area contributed by atoms with E-state index in [0.29, 0.717) is 26.2 Å². The van der Waals surface area contributed by atoms with E-state index in [-0.39, 0.29) is 6.54 Å². The molecule has 1 aromatic rings. The zero-order chi connectivity index (χ0) is 15.6. The van der Waals surface area contributed by atoms with Crippen LogP contribution in [-0.2, 0) is 21.4 Å². The maximum atomic E-state index is 11.7. The second-order valence-electron chi connectivity index (χ2n) is 5.31. The molecule has 1 aliphatic heterocycles. The van der Waals surface area contributed by atoms with Gasteiger partial charge in [-0.25, -0.2) is 17.7 Å². The Kier molecular flexibility index (Phi) is 4.97. The molecule has 2 heterocycles. The van der Waals surface area contributed by atoms with Gasteiger partial charge < -0.3 is 5.73 Å². The van der Waals surface area contributed by atoms with Gasteiger partial charge in [-0.05, 0) is 6.92 Å². The molecule has 1 aliphatic rings. The van der Waals surface area contributed by atoms with E-state index in [4.69, 9.17) is 5.73 Å². The van der Waals surface area contributed by atoms with E-state index in [2.05, 4.69) is 4.98 Å². The number of hydrogen-bond donors (Lipinski definition) is 1. The maximum Gasteiger partial charge on any atom is 0.223 e. The number of amides is 1. The fourth-order valence-electron chi connectivity index (χ4n) is 2.39. The van der Waals surface area contributed by atoms with Crippen molar-refractivity contribution in [1.82, 2.24) is 14.2 Å². The second-order valence-corrected chi connectivity index (χ2v) is 8.36. The molecular weight excluding hydrogens is 312 g/mol. The number of aryl methyl sites for hydroxylation is 1. The molecule has 7 nitrogen and oxygen atoms in total. The van der Waals surface area contributed by atoms with Crippen molar-refractivity contribution >= 4 is 27.3 Å². The lowest BCUT2D eigenvalue weighted by Gasteiger charge is -2.21. The van der Waals surface area contributed by atoms with Crippen LogP contribution in [0.2, 0.25) is 0 Å². The van der Waals surface area contributed by atoms with E-state index < -0.39 is 21.8 Å². The number of primary amides is 1. The quantitative estimate of drug-likeness (QED) is 0.811. The molecule has 0 bridgehead atoms. The summed E-state index contributed by atoms with van der Waals surface area (Å²) in [4.78, 5) is 18.0. The summed E-state index contributed by atoms with van der Waals surface area (Å²) >= 11 is 1.57. The third kappa shape index (κ3) is 4.47. The Labute approximate surface area is 128 Å². The first-order chi connectivity index (χ1) is 9.75. The van der Waals surface area contributed by atoms with Crippen molar-refractivity contribution in [2.24, 2.45) is 11.7 Å². The van der Waals surface area contributed by atoms with E-state index in [9.17, 15) is 13.2 Å². The van der Waals surface area contributed by atoms with Gasteiger partial charge in [0.05, 0.1) is 22.9 Å². The molecule has 2 rings (SSSR count). The molecular formula is C12H20N4O3S2. The lowest BCUT2D eigenvalue weighted by atomic mass is 10.1. The number of nitrogens with zero attached hydrogens (tertiary/aromatic N) is 3. The first-order valence-electron chi connectivity index (χ1n) is 6.63. The van der Waals surface area contributed by atoms with Gasteiger partial charge in [0.1, 0.15) is 0 Å². The molecule has 2 N–H and O–H groups in total. The Hall–Kier alpha value is -1.03. The largest absolute Gasteiger partial charge is 0.369 e. The summed E-state index contributed by atoms with van der Waals surface area (Å²) in [5.74, 6) is -0.966. The minimum absolute atomic E-state index is 0.154. The molecule has 118 valence electrons. The lowest BCUT2D eigenvalue weighted by molar-refractivity contribution is -0.122. The number of nitrogens with two attached hydrogens (primary N) is 1. The van der Waals surface area contributed by atoms with Gasteiger partial charge in [-0.15, -0.1) is 11.3 Å². The monoisotopic (exact) mass is 332 g/mol. The van der Waals surface area contributed by atoms with Crippen molar-refractivity contribution in [3.8, 4) is 0 Å². The van der Waals surface area contributed by atoms with Crippen LogP contribution in [0.25, 0.3) is 0 Å². The standard InChI is InChI=1S/C12H20N4O3S2/c1-9-14-11(8-20-9)7-15-3-4-16(21(2,18)19)6-10(5-15)12(13)17/h8,10H,3-7H2,1-2H3,(H2,13,17)/t10-/m1/s1. The Morgan fingerprint density at radius 3 is 2.71 bits per heavy atom. The van der Waals surface area contributed by atoms with Crippen LogP contribution in [-0.4, -0.2) is 60.9 Å². The summed E-state index contributed by atoms with van der Waals surface area (Å²) in [7, 11) is -3.32. The van der Waals surface area contributed by atoms with Gasteiger partial charge in [0.25, 0.3) is 0 Å². The zero-order valence-electron chi connectivity index (χ0n) is 12.2. The SMILES string of the molecule is Cc1nc(CN2CCN(S(C)(=O)=O)C[C@H](C(N)=O)C2)cs1. The van der Waals surface area contributed by atoms with Crippen molar-refractivity contribution in [2.45, 2.75) is 13.5 Å². The van der Waals surface area contributed by atoms with Gasteiger partial charge in [0.15, 0.2) is 0 Å². The number of thiazole rings is 1. The summed E-state index contributed by atoms with van der Waals surface area (Å²) in [6.45, 7) is 4.08. The van der Waals surface area contributed by atoms with Gasteiger partial charge >= 0.3 is 0 Å². The molecule has 0 unspecified atom stereocenters. The minimum atomic E-state index is -3.32. The van der Waals surface area contributed by atoms with Crippen LogP contribution in [0.3, 0.4) is 0 Å². The molecule has 1 amide bonds. The minimum Gasteiger partial charge on any atom is -0.369 e. The van der Waals surface area contributed by atoms with Crippen LogP contribution < -0.4 is 5.73 Å². The highest BCUT2D eigenvalue weighted by atomic mass is 32.2. The summed E-state index contributed by atoms with van der Waals surface area (Å²) in [5.41, 5.74) is 6.34. The summed E-state index contributed by atoms with van der Waals surface area (Å²) < 4.78 is 24.8. The lowest BCUT2D eigenvalue weighted by Crippen LogP contribution is -2.40. The van der Waals surface area contributed by atoms with Crippen molar-refractivity contribution in [3.63, 3.8) is 0 Å². The zero-order valence-corrected chi connectivity index (χ0v) is 13.8. The second kappa shape index (κ2) is 6.39. The van der Waals surface area contributed by atoms with E-state index in [1.165, 1.54) is 4.31 Å². The Morgan fingerprint density at radius 2 is 2.19 bits per heavy atom. The molecule has 1 fully saturated rings. The Morgan fingerprint density at radius 1 is 1.48 bits per heavy atom. The maximum absolute atomic E-state index is 11.7. The van der Waals surface area contributed by atoms with Gasteiger partial charge in [-0.1, -0.05) is 0 Å². The molecule has 21 heavy (non-hydrogen) atoms. The van der Waals surface area contributed by atoms with Crippen LogP contribution in [0.4, 0.5) is 0 Å². The first kappa shape index (κ1) is 16.3. The van der Waals surface area contributed by atoms with Crippen molar-refractivity contribution in [1.29, 1.82) is 0 Å². The van der Waals surface area contributed by atoms with Crippen LogP contribution >= 0.6 is 11.3 Å². The first-order valence-corrected chi connectivity index (χ1v) is 9.36. The fraction of sp³-hybridized carbons (Fsp3) is 0.667. The number of aromatic nitrogens is 1. The topological polar surface area (TPSA) is 96.6 Å². The Bertz CT molecular complexity index is 614. The van der Waals surface area contributed by atoms with Crippen molar-refractivity contribution in [3.05, 3.63) is 16.1 Å². The van der Waals surface area contributed by atoms with Gasteiger partial charge in [-0.3, -0.25) is 9.69 Å². The van der Waals surface area contributed by atoms with E-state index >= 15 is 0 Å². The molecule has 1 atom stereocenters. The summed E-state index contributed by atoms with van der Waals surface area (Å²) in [6.07, 6.45) is 1.16. The molecule has 1 aromatic heterocycles. The number of rotatable bonds is 4. The average Bonchev–Trinajstić information content (AvgIpc) is 2.63. The molecule has 0 spiro atoms. The Balaban J connectivity index is 2.12. The van der Waals surface area contributed by atoms with Crippen LogP contribution in [0.5, 0.6) is 0 Å². The van der Waals surface area contributed by atoms with Crippen molar-refractivity contribution in [2.75, 3.05) is 32.4 Å². The summed E-state index contributed by atoms with van der Waals surface area (Å²) in [6, 6.07) is 0.